The molecule has 0 saturated carbocycles. The van der Waals surface area contributed by atoms with Crippen molar-refractivity contribution < 1.29 is 4.39 Å². The van der Waals surface area contributed by atoms with E-state index in [0.29, 0.717) is 33.6 Å². The number of hydrogen-bond donors (Lipinski definition) is 2. The van der Waals surface area contributed by atoms with Crippen LogP contribution >= 0.6 is 0 Å². The Kier molecular flexibility index (Phi) is 5.67. The quantitative estimate of drug-likeness (QED) is 0.385. The molecule has 1 aliphatic heterocycles. The van der Waals surface area contributed by atoms with Crippen molar-refractivity contribution in [2.24, 2.45) is 10.7 Å². The predicted molar refractivity (Wildman–Crippen MR) is 115 cm³/mol. The molecule has 1 aliphatic rings. The van der Waals surface area contributed by atoms with E-state index >= 15 is 0 Å². The fraction of sp³-hybridized carbons (Fsp3) is 0.250. The molecule has 0 amide bonds. The summed E-state index contributed by atoms with van der Waals surface area (Å²) >= 11 is 0. The highest BCUT2D eigenvalue weighted by Crippen LogP contribution is 2.26. The number of allylic oxidation sites excluding steroid dienone is 1. The minimum atomic E-state index is -0.579. The average Bonchev–Trinajstić information content (AvgIpc) is 3.19. The number of nitrogens with two attached hydrogens (primary N) is 1. The molecule has 0 bridgehead atoms. The Balaban J connectivity index is 1.75. The lowest BCUT2D eigenvalue weighted by Crippen LogP contribution is -2.33. The van der Waals surface area contributed by atoms with Gasteiger partial charge in [0, 0.05) is 41.5 Å². The van der Waals surface area contributed by atoms with Crippen LogP contribution in [-0.4, -0.2) is 63.9 Å². The molecular formula is C20H20BFN8. The highest BCUT2D eigenvalue weighted by molar-refractivity contribution is 6.09. The van der Waals surface area contributed by atoms with Crippen LogP contribution in [0.5, 0.6) is 0 Å². The molecule has 3 aromatic heterocycles. The van der Waals surface area contributed by atoms with E-state index in [1.54, 1.807) is 34.0 Å². The number of fused-ring (bicyclic) bond motifs is 1. The van der Waals surface area contributed by atoms with E-state index in [2.05, 4.69) is 15.1 Å². The summed E-state index contributed by atoms with van der Waals surface area (Å²) in [6, 6.07) is 3.04. The van der Waals surface area contributed by atoms with Crippen LogP contribution in [0.25, 0.3) is 22.3 Å². The first-order valence-corrected chi connectivity index (χ1v) is 9.55. The van der Waals surface area contributed by atoms with Crippen molar-refractivity contribution in [2.45, 2.75) is 18.9 Å². The van der Waals surface area contributed by atoms with Gasteiger partial charge in [-0.15, -0.1) is 0 Å². The maximum Gasteiger partial charge on any atom is 0.212 e. The van der Waals surface area contributed by atoms with Crippen LogP contribution in [0.2, 0.25) is 0 Å². The molecule has 0 aliphatic carbocycles. The van der Waals surface area contributed by atoms with Gasteiger partial charge in [-0.05, 0) is 38.1 Å². The van der Waals surface area contributed by atoms with Crippen LogP contribution in [0.4, 0.5) is 4.39 Å². The summed E-state index contributed by atoms with van der Waals surface area (Å²) in [4.78, 5) is 14.9. The zero-order valence-corrected chi connectivity index (χ0v) is 16.2. The van der Waals surface area contributed by atoms with E-state index in [1.165, 1.54) is 24.7 Å². The first kappa shape index (κ1) is 19.9. The Morgan fingerprint density at radius 1 is 1.30 bits per heavy atom. The Morgan fingerprint density at radius 3 is 2.77 bits per heavy atom. The molecular weight excluding hydrogens is 382 g/mol. The lowest BCUT2D eigenvalue weighted by molar-refractivity contribution is 0.337. The first-order valence-electron chi connectivity index (χ1n) is 9.55. The highest BCUT2D eigenvalue weighted by Gasteiger charge is 2.17. The molecule has 0 aromatic carbocycles. The van der Waals surface area contributed by atoms with Gasteiger partial charge in [-0.3, -0.25) is 4.99 Å². The third-order valence-electron chi connectivity index (χ3n) is 5.08. The number of aromatic nitrogens is 4. The highest BCUT2D eigenvalue weighted by atomic mass is 19.1. The molecule has 1 fully saturated rings. The van der Waals surface area contributed by atoms with Gasteiger partial charge in [-0.25, -0.2) is 14.5 Å². The second kappa shape index (κ2) is 8.54. The maximum atomic E-state index is 13.3. The third kappa shape index (κ3) is 3.99. The molecule has 10 heteroatoms. The number of aliphatic imine (C=N–C) groups is 1. The zero-order chi connectivity index (χ0) is 21.1. The van der Waals surface area contributed by atoms with Gasteiger partial charge in [0.25, 0.3) is 0 Å². The normalized spacial score (nSPS) is 16.5. The van der Waals surface area contributed by atoms with Gasteiger partial charge in [0.2, 0.25) is 5.95 Å². The van der Waals surface area contributed by atoms with E-state index in [-0.39, 0.29) is 6.04 Å². The molecule has 4 heterocycles. The van der Waals surface area contributed by atoms with E-state index in [9.17, 15) is 4.39 Å². The number of rotatable bonds is 5. The predicted octanol–water partition coefficient (Wildman–Crippen LogP) is 1.85. The Labute approximate surface area is 174 Å². The second-order valence-corrected chi connectivity index (χ2v) is 7.05. The van der Waals surface area contributed by atoms with E-state index in [4.69, 9.17) is 24.1 Å². The molecule has 2 radical (unpaired) electrons. The average molecular weight is 402 g/mol. The maximum absolute atomic E-state index is 13.3. The van der Waals surface area contributed by atoms with Crippen molar-refractivity contribution in [1.82, 2.24) is 24.4 Å². The number of piperidine rings is 1. The Morgan fingerprint density at radius 2 is 2.10 bits per heavy atom. The third-order valence-corrected chi connectivity index (χ3v) is 5.08. The summed E-state index contributed by atoms with van der Waals surface area (Å²) in [6.45, 7) is 1.60. The van der Waals surface area contributed by atoms with Crippen LogP contribution in [0.15, 0.2) is 41.9 Å². The summed E-state index contributed by atoms with van der Waals surface area (Å²) in [7, 11) is 5.80. The zero-order valence-electron chi connectivity index (χ0n) is 16.2. The van der Waals surface area contributed by atoms with Crippen molar-refractivity contribution in [2.75, 3.05) is 13.1 Å². The molecule has 0 spiro atoms. The van der Waals surface area contributed by atoms with Crippen molar-refractivity contribution in [3.63, 3.8) is 0 Å². The number of nitrogens with zero attached hydrogens (tertiary/aromatic N) is 6. The molecule has 4 rings (SSSR count). The van der Waals surface area contributed by atoms with Crippen LogP contribution in [0, 0.1) is 11.4 Å². The molecule has 0 unspecified atom stereocenters. The Hall–Kier alpha value is -3.40. The fourth-order valence-electron chi connectivity index (χ4n) is 3.41. The van der Waals surface area contributed by atoms with Crippen LogP contribution in [-0.2, 0) is 0 Å². The summed E-state index contributed by atoms with van der Waals surface area (Å²) in [5.74, 6) is -0.579. The van der Waals surface area contributed by atoms with Crippen molar-refractivity contribution >= 4 is 31.5 Å². The van der Waals surface area contributed by atoms with Gasteiger partial charge in [0.05, 0.1) is 29.8 Å². The van der Waals surface area contributed by atoms with Crippen molar-refractivity contribution in [3.8, 4) is 11.3 Å². The molecule has 3 aromatic rings. The van der Waals surface area contributed by atoms with Crippen LogP contribution in [0.3, 0.4) is 0 Å². The monoisotopic (exact) mass is 402 g/mol. The smallest absolute Gasteiger partial charge is 0.212 e. The number of nitrogens with one attached hydrogen (secondary N) is 1. The minimum Gasteiger partial charge on any atom is -0.404 e. The summed E-state index contributed by atoms with van der Waals surface area (Å²) in [5, 5.41) is 12.0. The van der Waals surface area contributed by atoms with Gasteiger partial charge in [-0.2, -0.15) is 9.49 Å². The first-order chi connectivity index (χ1) is 14.6. The van der Waals surface area contributed by atoms with Crippen molar-refractivity contribution in [3.05, 3.63) is 54.1 Å². The molecule has 3 N–H and O–H groups in total. The summed E-state index contributed by atoms with van der Waals surface area (Å²) in [5.41, 5.74) is 9.43. The number of pyridine rings is 1. The molecule has 30 heavy (non-hydrogen) atoms. The van der Waals surface area contributed by atoms with Gasteiger partial charge in [0.1, 0.15) is 5.52 Å². The van der Waals surface area contributed by atoms with E-state index < -0.39 is 5.95 Å². The van der Waals surface area contributed by atoms with Gasteiger partial charge >= 0.3 is 0 Å². The SMILES string of the molecule is [B]N1CCC(N=C/C(=C\N)c2cn3ncc(C=N)c3c(-c3ccc(F)nc3)n2)CC1. The lowest BCUT2D eigenvalue weighted by atomic mass is 10.0. The fourth-order valence-corrected chi connectivity index (χ4v) is 3.41. The van der Waals surface area contributed by atoms with E-state index in [1.807, 2.05) is 0 Å². The molecule has 0 atom stereocenters. The minimum absolute atomic E-state index is 0.179. The van der Waals surface area contributed by atoms with Crippen LogP contribution < -0.4 is 5.73 Å². The summed E-state index contributed by atoms with van der Waals surface area (Å²) in [6.07, 6.45) is 10.8. The van der Waals surface area contributed by atoms with Crippen LogP contribution in [0.1, 0.15) is 24.1 Å². The lowest BCUT2D eigenvalue weighted by Gasteiger charge is -2.27. The Bertz CT molecular complexity index is 1110. The van der Waals surface area contributed by atoms with Gasteiger partial charge in [-0.1, -0.05) is 0 Å². The second-order valence-electron chi connectivity index (χ2n) is 7.05. The molecule has 150 valence electrons. The largest absolute Gasteiger partial charge is 0.404 e. The standard InChI is InChI=1S/C20H20BFN8/c21-29-5-3-16(4-6-29)25-10-14(7-23)17-12-30-20(15(8-24)11-27-30)19(28-17)13-1-2-18(22)26-9-13/h1-2,7-12,16,24H,3-6,23H2/b14-7+,24-8?,25-10?. The number of hydrogen-bond acceptors (Lipinski definition) is 7. The van der Waals surface area contributed by atoms with Crippen molar-refractivity contribution in [1.29, 1.82) is 5.41 Å². The molecule has 8 nitrogen and oxygen atoms in total. The molecule has 1 saturated heterocycles. The summed E-state index contributed by atoms with van der Waals surface area (Å²) < 4.78 is 15.0. The topological polar surface area (TPSA) is 109 Å². The van der Waals surface area contributed by atoms with E-state index in [0.717, 1.165) is 25.9 Å². The number of halogens is 1. The van der Waals surface area contributed by atoms with Gasteiger partial charge in [0.15, 0.2) is 7.98 Å². The van der Waals surface area contributed by atoms with Gasteiger partial charge < -0.3 is 16.0 Å².